The molecule has 4 rings (SSSR count). The number of carbonyl (C=O) groups excluding carboxylic acids is 2. The molecule has 182 valence electrons. The predicted molar refractivity (Wildman–Crippen MR) is 135 cm³/mol. The van der Waals surface area contributed by atoms with Gasteiger partial charge in [0.1, 0.15) is 11.5 Å². The number of hydrogen-bond acceptors (Lipinski definition) is 5. The van der Waals surface area contributed by atoms with Crippen molar-refractivity contribution in [1.82, 2.24) is 14.5 Å². The third-order valence-corrected chi connectivity index (χ3v) is 6.51. The number of Topliss-reactive ketones (excluding diaryl/α,β-unsaturated/α-hetero) is 1. The van der Waals surface area contributed by atoms with Crippen LogP contribution in [0.3, 0.4) is 0 Å². The monoisotopic (exact) mass is 513 g/mol. The quantitative estimate of drug-likeness (QED) is 0.232. The number of benzene rings is 2. The molecule has 0 saturated carbocycles. The lowest BCUT2D eigenvalue weighted by Crippen LogP contribution is -2.31. The highest BCUT2D eigenvalue weighted by molar-refractivity contribution is 6.46. The Labute approximate surface area is 213 Å². The van der Waals surface area contributed by atoms with Gasteiger partial charge in [-0.3, -0.25) is 9.59 Å². The van der Waals surface area contributed by atoms with Crippen molar-refractivity contribution < 1.29 is 19.4 Å². The minimum atomic E-state index is -0.802. The molecule has 1 aromatic heterocycles. The summed E-state index contributed by atoms with van der Waals surface area (Å²) in [5.74, 6) is -1.01. The van der Waals surface area contributed by atoms with Crippen LogP contribution in [0.25, 0.3) is 5.76 Å². The van der Waals surface area contributed by atoms with E-state index in [1.165, 1.54) is 4.90 Å². The number of likely N-dealkylation sites (tertiary alicyclic amines) is 1. The number of ether oxygens (including phenoxy) is 1. The first-order valence-corrected chi connectivity index (χ1v) is 12.1. The second-order valence-electron chi connectivity index (χ2n) is 8.19. The van der Waals surface area contributed by atoms with Crippen LogP contribution in [0.1, 0.15) is 36.9 Å². The Morgan fingerprint density at radius 1 is 1.09 bits per heavy atom. The molecule has 3 aromatic rings. The zero-order chi connectivity index (χ0) is 24.9. The van der Waals surface area contributed by atoms with Gasteiger partial charge in [-0.25, -0.2) is 4.98 Å². The van der Waals surface area contributed by atoms with Crippen LogP contribution >= 0.6 is 23.2 Å². The molecule has 2 heterocycles. The number of aromatic nitrogens is 2. The second kappa shape index (κ2) is 11.0. The summed E-state index contributed by atoms with van der Waals surface area (Å²) in [5.41, 5.74) is 1.01. The van der Waals surface area contributed by atoms with Crippen LogP contribution in [-0.4, -0.2) is 44.4 Å². The zero-order valence-corrected chi connectivity index (χ0v) is 20.7. The van der Waals surface area contributed by atoms with E-state index in [0.29, 0.717) is 53.0 Å². The Morgan fingerprint density at radius 3 is 2.51 bits per heavy atom. The Morgan fingerprint density at radius 2 is 1.86 bits per heavy atom. The first kappa shape index (κ1) is 24.8. The topological polar surface area (TPSA) is 84.7 Å². The molecule has 7 nitrogen and oxygen atoms in total. The molecule has 1 aliphatic rings. The maximum absolute atomic E-state index is 13.2. The van der Waals surface area contributed by atoms with E-state index in [9.17, 15) is 14.7 Å². The summed E-state index contributed by atoms with van der Waals surface area (Å²) in [4.78, 5) is 31.7. The summed E-state index contributed by atoms with van der Waals surface area (Å²) in [7, 11) is 0. The van der Waals surface area contributed by atoms with Gasteiger partial charge in [-0.15, -0.1) is 0 Å². The molecule has 0 bridgehead atoms. The first-order valence-electron chi connectivity index (χ1n) is 11.3. The lowest BCUT2D eigenvalue weighted by molar-refractivity contribution is -0.139. The lowest BCUT2D eigenvalue weighted by Gasteiger charge is -2.25. The molecule has 1 N–H and O–H groups in total. The number of aryl methyl sites for hydroxylation is 1. The maximum atomic E-state index is 13.2. The summed E-state index contributed by atoms with van der Waals surface area (Å²) in [6.45, 7) is 3.51. The Kier molecular flexibility index (Phi) is 7.78. The van der Waals surface area contributed by atoms with Gasteiger partial charge in [-0.05, 0) is 54.8 Å². The van der Waals surface area contributed by atoms with Crippen molar-refractivity contribution in [3.8, 4) is 5.75 Å². The van der Waals surface area contributed by atoms with Crippen molar-refractivity contribution in [3.05, 3.63) is 87.9 Å². The normalized spacial score (nSPS) is 17.2. The van der Waals surface area contributed by atoms with Gasteiger partial charge in [0, 0.05) is 31.0 Å². The maximum Gasteiger partial charge on any atom is 0.295 e. The third kappa shape index (κ3) is 5.36. The lowest BCUT2D eigenvalue weighted by atomic mass is 9.95. The van der Waals surface area contributed by atoms with Gasteiger partial charge in [0.15, 0.2) is 0 Å². The molecule has 35 heavy (non-hydrogen) atoms. The summed E-state index contributed by atoms with van der Waals surface area (Å²) >= 11 is 12.4. The highest BCUT2D eigenvalue weighted by atomic mass is 35.5. The molecular formula is C26H25Cl2N3O4. The number of aliphatic hydroxyl groups excluding tert-OH is 1. The Bertz CT molecular complexity index is 1240. The van der Waals surface area contributed by atoms with Crippen LogP contribution in [0.4, 0.5) is 0 Å². The van der Waals surface area contributed by atoms with E-state index >= 15 is 0 Å². The molecule has 9 heteroatoms. The third-order valence-electron chi connectivity index (χ3n) is 5.77. The van der Waals surface area contributed by atoms with E-state index in [1.54, 1.807) is 55.0 Å². The van der Waals surface area contributed by atoms with E-state index < -0.39 is 17.7 Å². The average Bonchev–Trinajstić information content (AvgIpc) is 3.47. The molecule has 1 unspecified atom stereocenters. The van der Waals surface area contributed by atoms with E-state index in [4.69, 9.17) is 27.9 Å². The van der Waals surface area contributed by atoms with Crippen LogP contribution in [0.2, 0.25) is 10.0 Å². The van der Waals surface area contributed by atoms with Crippen molar-refractivity contribution in [2.45, 2.75) is 32.4 Å². The Hall–Kier alpha value is -3.29. The van der Waals surface area contributed by atoms with Crippen LogP contribution < -0.4 is 4.74 Å². The average molecular weight is 514 g/mol. The summed E-state index contributed by atoms with van der Waals surface area (Å²) in [5, 5.41) is 11.8. The largest absolute Gasteiger partial charge is 0.507 e. The van der Waals surface area contributed by atoms with Gasteiger partial charge in [-0.2, -0.15) is 0 Å². The van der Waals surface area contributed by atoms with E-state index in [2.05, 4.69) is 4.98 Å². The van der Waals surface area contributed by atoms with Crippen molar-refractivity contribution in [1.29, 1.82) is 0 Å². The molecule has 1 fully saturated rings. The fourth-order valence-corrected chi connectivity index (χ4v) is 4.37. The number of aliphatic hydroxyl groups is 1. The van der Waals surface area contributed by atoms with Crippen LogP contribution in [0.5, 0.6) is 5.75 Å². The van der Waals surface area contributed by atoms with Gasteiger partial charge in [0.25, 0.3) is 11.7 Å². The number of amides is 1. The fraction of sp³-hybridized carbons (Fsp3) is 0.269. The molecule has 1 saturated heterocycles. The molecular weight excluding hydrogens is 489 g/mol. The van der Waals surface area contributed by atoms with Crippen LogP contribution in [0, 0.1) is 0 Å². The van der Waals surface area contributed by atoms with Gasteiger partial charge in [-0.1, -0.05) is 36.2 Å². The Balaban J connectivity index is 1.70. The van der Waals surface area contributed by atoms with Gasteiger partial charge < -0.3 is 19.3 Å². The van der Waals surface area contributed by atoms with Gasteiger partial charge in [0.2, 0.25) is 0 Å². The number of imidazole rings is 1. The molecule has 2 aromatic carbocycles. The second-order valence-corrected chi connectivity index (χ2v) is 9.01. The van der Waals surface area contributed by atoms with Crippen molar-refractivity contribution in [2.24, 2.45) is 0 Å². The van der Waals surface area contributed by atoms with Crippen molar-refractivity contribution >= 4 is 40.7 Å². The van der Waals surface area contributed by atoms with Crippen LogP contribution in [0.15, 0.2) is 66.8 Å². The van der Waals surface area contributed by atoms with Crippen molar-refractivity contribution in [2.75, 3.05) is 13.2 Å². The summed E-state index contributed by atoms with van der Waals surface area (Å²) in [6, 6.07) is 10.9. The summed E-state index contributed by atoms with van der Waals surface area (Å²) < 4.78 is 7.50. The summed E-state index contributed by atoms with van der Waals surface area (Å²) in [6.07, 6.45) is 6.66. The first-order chi connectivity index (χ1) is 16.9. The van der Waals surface area contributed by atoms with Crippen LogP contribution in [-0.2, 0) is 16.1 Å². The molecule has 1 aliphatic heterocycles. The number of carbonyl (C=O) groups is 2. The molecule has 0 radical (unpaired) electrons. The number of hydrogen-bond donors (Lipinski definition) is 1. The molecule has 0 spiro atoms. The SMILES string of the molecule is CCCOc1ccc(/C(O)=C2/C(=O)C(=O)N(CCCn3ccnc3)C2c2ccc(Cl)c(Cl)c2)cc1. The number of halogens is 2. The molecule has 0 aliphatic carbocycles. The minimum absolute atomic E-state index is 0.0123. The number of ketones is 1. The smallest absolute Gasteiger partial charge is 0.295 e. The van der Waals surface area contributed by atoms with E-state index in [-0.39, 0.29) is 11.3 Å². The van der Waals surface area contributed by atoms with E-state index in [0.717, 1.165) is 6.42 Å². The van der Waals surface area contributed by atoms with Crippen molar-refractivity contribution in [3.63, 3.8) is 0 Å². The zero-order valence-electron chi connectivity index (χ0n) is 19.2. The predicted octanol–water partition coefficient (Wildman–Crippen LogP) is 5.49. The fourth-order valence-electron chi connectivity index (χ4n) is 4.07. The molecule has 1 atom stereocenters. The van der Waals surface area contributed by atoms with E-state index in [1.807, 2.05) is 17.7 Å². The number of nitrogens with zero attached hydrogens (tertiary/aromatic N) is 3. The minimum Gasteiger partial charge on any atom is -0.507 e. The standard InChI is InChI=1S/C26H25Cl2N3O4/c1-2-14-35-19-7-4-17(5-8-19)24(32)22-23(18-6-9-20(27)21(28)15-18)31(26(34)25(22)33)12-3-11-30-13-10-29-16-30/h4-10,13,15-16,23,32H,2-3,11-12,14H2,1H3/b24-22-. The van der Waals surface area contributed by atoms with Gasteiger partial charge in [0.05, 0.1) is 34.6 Å². The molecule has 1 amide bonds. The van der Waals surface area contributed by atoms with Gasteiger partial charge >= 0.3 is 0 Å². The highest BCUT2D eigenvalue weighted by Crippen LogP contribution is 2.41. The number of rotatable bonds is 9. The highest BCUT2D eigenvalue weighted by Gasteiger charge is 2.45.